The van der Waals surface area contributed by atoms with Crippen molar-refractivity contribution >= 4 is 11.6 Å². The lowest BCUT2D eigenvalue weighted by Gasteiger charge is -2.28. The van der Waals surface area contributed by atoms with Crippen molar-refractivity contribution in [1.82, 2.24) is 4.90 Å². The first-order valence-electron chi connectivity index (χ1n) is 9.08. The first-order valence-corrected chi connectivity index (χ1v) is 9.08. The topological polar surface area (TPSA) is 41.6 Å². The second-order valence-electron chi connectivity index (χ2n) is 6.80. The lowest BCUT2D eigenvalue weighted by molar-refractivity contribution is 0.0734. The molecule has 130 valence electrons. The molecule has 1 saturated heterocycles. The molecule has 0 aliphatic carbocycles. The number of likely N-dealkylation sites (tertiary alicyclic amines) is 1. The number of nitrogens with one attached hydrogen (secondary N) is 1. The Morgan fingerprint density at radius 3 is 2.96 bits per heavy atom. The summed E-state index contributed by atoms with van der Waals surface area (Å²) >= 11 is 0. The van der Waals surface area contributed by atoms with Gasteiger partial charge in [0.1, 0.15) is 5.75 Å². The quantitative estimate of drug-likeness (QED) is 0.920. The molecule has 1 fully saturated rings. The van der Waals surface area contributed by atoms with E-state index in [1.54, 1.807) is 7.11 Å². The Kier molecular flexibility index (Phi) is 4.35. The number of fused-ring (bicyclic) bond motifs is 1. The lowest BCUT2D eigenvalue weighted by Crippen LogP contribution is -2.32. The van der Waals surface area contributed by atoms with Crippen LogP contribution >= 0.6 is 0 Å². The molecular weight excluding hydrogens is 312 g/mol. The maximum Gasteiger partial charge on any atom is 0.254 e. The second-order valence-corrected chi connectivity index (χ2v) is 6.80. The van der Waals surface area contributed by atoms with Gasteiger partial charge in [0.25, 0.3) is 5.91 Å². The zero-order chi connectivity index (χ0) is 17.2. The van der Waals surface area contributed by atoms with Crippen molar-refractivity contribution in [3.05, 3.63) is 59.2 Å². The van der Waals surface area contributed by atoms with E-state index >= 15 is 0 Å². The fraction of sp³-hybridized carbons (Fsp3) is 0.381. The minimum absolute atomic E-state index is 0.134. The summed E-state index contributed by atoms with van der Waals surface area (Å²) in [6.45, 7) is 1.80. The highest BCUT2D eigenvalue weighted by atomic mass is 16.5. The van der Waals surface area contributed by atoms with Crippen molar-refractivity contribution in [3.63, 3.8) is 0 Å². The van der Waals surface area contributed by atoms with E-state index in [1.807, 2.05) is 29.2 Å². The van der Waals surface area contributed by atoms with Crippen LogP contribution in [0, 0.1) is 0 Å². The van der Waals surface area contributed by atoms with E-state index < -0.39 is 0 Å². The van der Waals surface area contributed by atoms with Crippen molar-refractivity contribution < 1.29 is 9.53 Å². The molecule has 2 aromatic rings. The van der Waals surface area contributed by atoms with E-state index in [1.165, 1.54) is 5.56 Å². The molecule has 2 aromatic carbocycles. The number of hydrogen-bond acceptors (Lipinski definition) is 3. The average molecular weight is 336 g/mol. The van der Waals surface area contributed by atoms with Crippen molar-refractivity contribution in [3.8, 4) is 5.75 Å². The number of carbonyl (C=O) groups excluding carboxylic acids is 1. The largest absolute Gasteiger partial charge is 0.497 e. The van der Waals surface area contributed by atoms with Crippen LogP contribution in [-0.4, -0.2) is 31.0 Å². The van der Waals surface area contributed by atoms with Gasteiger partial charge in [0.05, 0.1) is 13.2 Å². The minimum atomic E-state index is 0.134. The molecule has 4 rings (SSSR count). The molecule has 0 spiro atoms. The summed E-state index contributed by atoms with van der Waals surface area (Å²) in [6.07, 6.45) is 4.10. The van der Waals surface area contributed by atoms with Crippen LogP contribution in [0.5, 0.6) is 5.75 Å². The van der Waals surface area contributed by atoms with E-state index in [0.29, 0.717) is 0 Å². The molecule has 0 saturated carbocycles. The highest BCUT2D eigenvalue weighted by Gasteiger charge is 2.32. The van der Waals surface area contributed by atoms with Crippen LogP contribution in [0.25, 0.3) is 0 Å². The van der Waals surface area contributed by atoms with E-state index in [2.05, 4.69) is 23.5 Å². The molecule has 1 amide bonds. The molecule has 1 atom stereocenters. The molecule has 4 nitrogen and oxygen atoms in total. The fourth-order valence-corrected chi connectivity index (χ4v) is 4.07. The maximum atomic E-state index is 13.3. The first kappa shape index (κ1) is 16.0. The van der Waals surface area contributed by atoms with Gasteiger partial charge < -0.3 is 15.0 Å². The average Bonchev–Trinajstić information content (AvgIpc) is 3.17. The van der Waals surface area contributed by atoms with Crippen LogP contribution in [0.2, 0.25) is 0 Å². The minimum Gasteiger partial charge on any atom is -0.497 e. The highest BCUT2D eigenvalue weighted by Crippen LogP contribution is 2.36. The Hall–Kier alpha value is -2.49. The van der Waals surface area contributed by atoms with Gasteiger partial charge in [-0.15, -0.1) is 0 Å². The number of carbonyl (C=O) groups is 1. The Labute approximate surface area is 148 Å². The zero-order valence-corrected chi connectivity index (χ0v) is 14.6. The van der Waals surface area contributed by atoms with Crippen LogP contribution in [-0.2, 0) is 6.42 Å². The van der Waals surface area contributed by atoms with E-state index in [9.17, 15) is 4.79 Å². The zero-order valence-electron chi connectivity index (χ0n) is 14.6. The highest BCUT2D eigenvalue weighted by molar-refractivity contribution is 5.97. The van der Waals surface area contributed by atoms with Crippen LogP contribution in [0.4, 0.5) is 5.69 Å². The number of benzene rings is 2. The van der Waals surface area contributed by atoms with Gasteiger partial charge in [0.2, 0.25) is 0 Å². The van der Waals surface area contributed by atoms with Crippen molar-refractivity contribution in [2.75, 3.05) is 25.5 Å². The maximum absolute atomic E-state index is 13.3. The molecule has 0 bridgehead atoms. The SMILES string of the molecule is COc1cccc(C2CCCN2C(=O)c2cccc3c2CCCN3)c1. The standard InChI is InChI=1S/C21H24N2O2/c1-25-16-7-2-6-15(14-16)20-11-5-13-23(20)21(24)18-8-3-10-19-17(18)9-4-12-22-19/h2-3,6-8,10,14,20,22H,4-5,9,11-13H2,1H3. The molecule has 0 radical (unpaired) electrons. The summed E-state index contributed by atoms with van der Waals surface area (Å²) in [4.78, 5) is 15.4. The van der Waals surface area contributed by atoms with Gasteiger partial charge in [-0.25, -0.2) is 0 Å². The monoisotopic (exact) mass is 336 g/mol. The predicted octanol–water partition coefficient (Wildman–Crippen LogP) is 4.03. The van der Waals surface area contributed by atoms with Crippen LogP contribution in [0.1, 0.15) is 46.8 Å². The third kappa shape index (κ3) is 2.97. The van der Waals surface area contributed by atoms with Gasteiger partial charge in [-0.05, 0) is 61.1 Å². The second kappa shape index (κ2) is 6.79. The third-order valence-electron chi connectivity index (χ3n) is 5.32. The van der Waals surface area contributed by atoms with Gasteiger partial charge >= 0.3 is 0 Å². The summed E-state index contributed by atoms with van der Waals surface area (Å²) in [7, 11) is 1.68. The smallest absolute Gasteiger partial charge is 0.254 e. The Morgan fingerprint density at radius 2 is 2.08 bits per heavy atom. The number of hydrogen-bond donors (Lipinski definition) is 1. The number of rotatable bonds is 3. The molecule has 25 heavy (non-hydrogen) atoms. The van der Waals surface area contributed by atoms with E-state index in [4.69, 9.17) is 4.74 Å². The first-order chi connectivity index (χ1) is 12.3. The summed E-state index contributed by atoms with van der Waals surface area (Å²) in [5, 5.41) is 3.42. The molecule has 2 aliphatic rings. The Bertz CT molecular complexity index is 787. The molecule has 0 aromatic heterocycles. The van der Waals surface area contributed by atoms with Crippen molar-refractivity contribution in [2.45, 2.75) is 31.7 Å². The normalized spacial score (nSPS) is 19.2. The molecule has 4 heteroatoms. The summed E-state index contributed by atoms with van der Waals surface area (Å²) < 4.78 is 5.36. The molecule has 1 N–H and O–H groups in total. The number of nitrogens with zero attached hydrogens (tertiary/aromatic N) is 1. The van der Waals surface area contributed by atoms with Crippen LogP contribution in [0.3, 0.4) is 0 Å². The van der Waals surface area contributed by atoms with Gasteiger partial charge in [0, 0.05) is 24.3 Å². The Balaban J connectivity index is 1.65. The number of anilines is 1. The molecular formula is C21H24N2O2. The fourth-order valence-electron chi connectivity index (χ4n) is 4.07. The Morgan fingerprint density at radius 1 is 1.20 bits per heavy atom. The van der Waals surface area contributed by atoms with Gasteiger partial charge in [-0.2, -0.15) is 0 Å². The number of methoxy groups -OCH3 is 1. The molecule has 2 heterocycles. The van der Waals surface area contributed by atoms with Gasteiger partial charge in [-0.3, -0.25) is 4.79 Å². The number of amides is 1. The van der Waals surface area contributed by atoms with E-state index in [-0.39, 0.29) is 11.9 Å². The van der Waals surface area contributed by atoms with E-state index in [0.717, 1.165) is 61.3 Å². The van der Waals surface area contributed by atoms with Crippen molar-refractivity contribution in [1.29, 1.82) is 0 Å². The summed E-state index contributed by atoms with van der Waals surface area (Å²) in [6, 6.07) is 14.3. The van der Waals surface area contributed by atoms with Crippen LogP contribution in [0.15, 0.2) is 42.5 Å². The number of ether oxygens (including phenoxy) is 1. The van der Waals surface area contributed by atoms with Crippen LogP contribution < -0.4 is 10.1 Å². The molecule has 1 unspecified atom stereocenters. The third-order valence-corrected chi connectivity index (χ3v) is 5.32. The van der Waals surface area contributed by atoms with Gasteiger partial charge in [-0.1, -0.05) is 18.2 Å². The summed E-state index contributed by atoms with van der Waals surface area (Å²) in [5.74, 6) is 1.00. The summed E-state index contributed by atoms with van der Waals surface area (Å²) in [5.41, 5.74) is 4.32. The van der Waals surface area contributed by atoms with Crippen molar-refractivity contribution in [2.24, 2.45) is 0 Å². The van der Waals surface area contributed by atoms with Gasteiger partial charge in [0.15, 0.2) is 0 Å². The lowest BCUT2D eigenvalue weighted by atomic mass is 9.96. The predicted molar refractivity (Wildman–Crippen MR) is 99.3 cm³/mol. The molecule has 2 aliphatic heterocycles.